The van der Waals surface area contributed by atoms with Crippen molar-refractivity contribution < 1.29 is 22.8 Å². The normalized spacial score (nSPS) is 11.2. The second kappa shape index (κ2) is 7.59. The van der Waals surface area contributed by atoms with Crippen LogP contribution in [0.3, 0.4) is 0 Å². The van der Waals surface area contributed by atoms with Crippen LogP contribution in [-0.4, -0.2) is 18.4 Å². The highest BCUT2D eigenvalue weighted by molar-refractivity contribution is 6.02. The number of carbonyl (C=O) groups excluding carboxylic acids is 2. The third-order valence-electron chi connectivity index (χ3n) is 3.71. The van der Waals surface area contributed by atoms with Gasteiger partial charge in [-0.2, -0.15) is 13.2 Å². The molecule has 0 aliphatic heterocycles. The second-order valence-electron chi connectivity index (χ2n) is 6.04. The van der Waals surface area contributed by atoms with E-state index in [0.717, 1.165) is 17.2 Å². The zero-order valence-electron chi connectivity index (χ0n) is 14.6. The van der Waals surface area contributed by atoms with Gasteiger partial charge < -0.3 is 10.2 Å². The van der Waals surface area contributed by atoms with Gasteiger partial charge in [-0.05, 0) is 49.2 Å². The number of halogens is 3. The molecule has 1 N–H and O–H groups in total. The molecule has 0 fully saturated rings. The molecule has 0 spiro atoms. The maximum Gasteiger partial charge on any atom is 0.418 e. The number of alkyl halides is 3. The van der Waals surface area contributed by atoms with E-state index in [1.165, 1.54) is 30.0 Å². The summed E-state index contributed by atoms with van der Waals surface area (Å²) in [6.45, 7) is 4.63. The monoisotopic (exact) mass is 364 g/mol. The van der Waals surface area contributed by atoms with E-state index in [-0.39, 0.29) is 18.1 Å². The number of benzene rings is 2. The van der Waals surface area contributed by atoms with Crippen LogP contribution in [0.1, 0.15) is 23.6 Å². The topological polar surface area (TPSA) is 49.4 Å². The molecule has 2 amide bonds. The summed E-state index contributed by atoms with van der Waals surface area (Å²) in [6.07, 6.45) is -4.59. The van der Waals surface area contributed by atoms with Crippen LogP contribution >= 0.6 is 0 Å². The third kappa shape index (κ3) is 4.84. The molecule has 7 heteroatoms. The number of hydrogen-bond donors (Lipinski definition) is 1. The molecular formula is C19H19F3N2O2. The predicted molar refractivity (Wildman–Crippen MR) is 94.0 cm³/mol. The summed E-state index contributed by atoms with van der Waals surface area (Å²) < 4.78 is 39.1. The summed E-state index contributed by atoms with van der Waals surface area (Å²) in [5.74, 6) is -1.09. The van der Waals surface area contributed by atoms with Crippen molar-refractivity contribution in [1.82, 2.24) is 0 Å². The highest BCUT2D eigenvalue weighted by Crippen LogP contribution is 2.34. The first-order valence-corrected chi connectivity index (χ1v) is 7.90. The number of carbonyl (C=O) groups is 2. The zero-order valence-corrected chi connectivity index (χ0v) is 14.6. The number of anilines is 2. The van der Waals surface area contributed by atoms with E-state index in [1.54, 1.807) is 12.1 Å². The number of hydrogen-bond acceptors (Lipinski definition) is 2. The van der Waals surface area contributed by atoms with Crippen LogP contribution < -0.4 is 10.2 Å². The van der Waals surface area contributed by atoms with Gasteiger partial charge in [-0.25, -0.2) is 0 Å². The van der Waals surface area contributed by atoms with Crippen LogP contribution in [-0.2, 0) is 15.8 Å². The van der Waals surface area contributed by atoms with Crippen LogP contribution in [0.15, 0.2) is 42.5 Å². The molecule has 26 heavy (non-hydrogen) atoms. The van der Waals surface area contributed by atoms with Crippen molar-refractivity contribution in [3.63, 3.8) is 0 Å². The molecular weight excluding hydrogens is 345 g/mol. The molecule has 0 atom stereocenters. The number of nitrogens with zero attached hydrogens (tertiary/aromatic N) is 1. The molecule has 0 saturated carbocycles. The SMILES string of the molecule is CC(=O)N(CC(=O)Nc1ccccc1C(F)(F)F)c1cc(C)cc(C)c1. The van der Waals surface area contributed by atoms with Gasteiger partial charge in [0, 0.05) is 12.6 Å². The van der Waals surface area contributed by atoms with Gasteiger partial charge in [0.05, 0.1) is 11.3 Å². The Morgan fingerprint density at radius 3 is 2.15 bits per heavy atom. The Kier molecular flexibility index (Phi) is 5.69. The summed E-state index contributed by atoms with van der Waals surface area (Å²) in [7, 11) is 0. The predicted octanol–water partition coefficient (Wildman–Crippen LogP) is 4.31. The Labute approximate surface area is 149 Å². The van der Waals surface area contributed by atoms with Crippen molar-refractivity contribution in [2.75, 3.05) is 16.8 Å². The Balaban J connectivity index is 2.23. The van der Waals surface area contributed by atoms with E-state index in [4.69, 9.17) is 0 Å². The average molecular weight is 364 g/mol. The lowest BCUT2D eigenvalue weighted by molar-refractivity contribution is -0.137. The Hall–Kier alpha value is -2.83. The van der Waals surface area contributed by atoms with Crippen molar-refractivity contribution >= 4 is 23.2 Å². The van der Waals surface area contributed by atoms with Gasteiger partial charge in [0.1, 0.15) is 6.54 Å². The van der Waals surface area contributed by atoms with Gasteiger partial charge in [0.15, 0.2) is 0 Å². The van der Waals surface area contributed by atoms with Crippen LogP contribution in [0.25, 0.3) is 0 Å². The van der Waals surface area contributed by atoms with Gasteiger partial charge in [0.25, 0.3) is 0 Å². The number of rotatable bonds is 4. The van der Waals surface area contributed by atoms with E-state index >= 15 is 0 Å². The average Bonchev–Trinajstić information content (AvgIpc) is 2.50. The van der Waals surface area contributed by atoms with E-state index in [1.807, 2.05) is 19.9 Å². The molecule has 0 saturated heterocycles. The minimum absolute atomic E-state index is 0.339. The Morgan fingerprint density at radius 1 is 1.04 bits per heavy atom. The lowest BCUT2D eigenvalue weighted by Crippen LogP contribution is -2.37. The molecule has 0 bridgehead atoms. The number of para-hydroxylation sites is 1. The Morgan fingerprint density at radius 2 is 1.62 bits per heavy atom. The molecule has 138 valence electrons. The number of nitrogens with one attached hydrogen (secondary N) is 1. The van der Waals surface area contributed by atoms with Crippen molar-refractivity contribution in [2.45, 2.75) is 26.9 Å². The van der Waals surface area contributed by atoms with Crippen LogP contribution in [0.5, 0.6) is 0 Å². The van der Waals surface area contributed by atoms with E-state index < -0.39 is 17.6 Å². The van der Waals surface area contributed by atoms with Gasteiger partial charge in [-0.3, -0.25) is 9.59 Å². The summed E-state index contributed by atoms with van der Waals surface area (Å²) >= 11 is 0. The second-order valence-corrected chi connectivity index (χ2v) is 6.04. The minimum Gasteiger partial charge on any atom is -0.324 e. The van der Waals surface area contributed by atoms with Gasteiger partial charge >= 0.3 is 6.18 Å². The van der Waals surface area contributed by atoms with Crippen LogP contribution in [0.4, 0.5) is 24.5 Å². The number of amides is 2. The summed E-state index contributed by atoms with van der Waals surface area (Å²) in [6, 6.07) is 10.1. The van der Waals surface area contributed by atoms with Gasteiger partial charge in [-0.15, -0.1) is 0 Å². The first kappa shape index (κ1) is 19.5. The fourth-order valence-electron chi connectivity index (χ4n) is 2.66. The summed E-state index contributed by atoms with van der Waals surface area (Å²) in [5, 5.41) is 2.25. The highest BCUT2D eigenvalue weighted by atomic mass is 19.4. The lowest BCUT2D eigenvalue weighted by atomic mass is 10.1. The minimum atomic E-state index is -4.59. The smallest absolute Gasteiger partial charge is 0.324 e. The Bertz CT molecular complexity index is 812. The maximum absolute atomic E-state index is 13.0. The summed E-state index contributed by atoms with van der Waals surface area (Å²) in [4.78, 5) is 25.5. The number of aryl methyl sites for hydroxylation is 2. The standard InChI is InChI=1S/C19H19F3N2O2/c1-12-8-13(2)10-15(9-12)24(14(3)25)11-18(26)23-17-7-5-4-6-16(17)19(20,21)22/h4-10H,11H2,1-3H3,(H,23,26). The molecule has 2 aromatic rings. The fraction of sp³-hybridized carbons (Fsp3) is 0.263. The van der Waals surface area contributed by atoms with Crippen molar-refractivity contribution in [3.8, 4) is 0 Å². The first-order valence-electron chi connectivity index (χ1n) is 7.90. The van der Waals surface area contributed by atoms with Gasteiger partial charge in [-0.1, -0.05) is 18.2 Å². The van der Waals surface area contributed by atoms with Crippen molar-refractivity contribution in [1.29, 1.82) is 0 Å². The van der Waals surface area contributed by atoms with Crippen LogP contribution in [0, 0.1) is 13.8 Å². The summed E-state index contributed by atoms with van der Waals surface area (Å²) in [5.41, 5.74) is 1.07. The molecule has 0 heterocycles. The molecule has 4 nitrogen and oxygen atoms in total. The lowest BCUT2D eigenvalue weighted by Gasteiger charge is -2.22. The molecule has 2 aromatic carbocycles. The van der Waals surface area contributed by atoms with Crippen LogP contribution in [0.2, 0.25) is 0 Å². The molecule has 0 aromatic heterocycles. The van der Waals surface area contributed by atoms with E-state index in [0.29, 0.717) is 5.69 Å². The maximum atomic E-state index is 13.0. The molecule has 0 unspecified atom stereocenters. The molecule has 0 radical (unpaired) electrons. The molecule has 2 rings (SSSR count). The van der Waals surface area contributed by atoms with Crippen molar-refractivity contribution in [3.05, 3.63) is 59.2 Å². The largest absolute Gasteiger partial charge is 0.418 e. The fourth-order valence-corrected chi connectivity index (χ4v) is 2.66. The quantitative estimate of drug-likeness (QED) is 0.879. The first-order chi connectivity index (χ1) is 12.1. The molecule has 0 aliphatic rings. The highest BCUT2D eigenvalue weighted by Gasteiger charge is 2.33. The van der Waals surface area contributed by atoms with Crippen molar-refractivity contribution in [2.24, 2.45) is 0 Å². The van der Waals surface area contributed by atoms with Gasteiger partial charge in [0.2, 0.25) is 11.8 Å². The third-order valence-corrected chi connectivity index (χ3v) is 3.71. The molecule has 0 aliphatic carbocycles. The zero-order chi connectivity index (χ0) is 19.5. The van der Waals surface area contributed by atoms with E-state index in [9.17, 15) is 22.8 Å². The van der Waals surface area contributed by atoms with E-state index in [2.05, 4.69) is 5.32 Å².